The van der Waals surface area contributed by atoms with Crippen LogP contribution in [-0.4, -0.2) is 16.4 Å². The summed E-state index contributed by atoms with van der Waals surface area (Å²) in [4.78, 5) is 2.32. The minimum absolute atomic E-state index is 0.551. The molecule has 0 aromatic carbocycles. The van der Waals surface area contributed by atoms with Gasteiger partial charge in [0.1, 0.15) is 0 Å². The third-order valence-corrected chi connectivity index (χ3v) is 4.85. The molecule has 0 aromatic heterocycles. The zero-order chi connectivity index (χ0) is 4.99. The van der Waals surface area contributed by atoms with Gasteiger partial charge < -0.3 is 0 Å². The van der Waals surface area contributed by atoms with Crippen molar-refractivity contribution in [2.75, 3.05) is 16.4 Å². The molecule has 0 bridgehead atoms. The van der Waals surface area contributed by atoms with Gasteiger partial charge in [0.2, 0.25) is 0 Å². The Hall–Kier alpha value is 0.690. The molecule has 0 fully saturated rings. The second-order valence-corrected chi connectivity index (χ2v) is 7.02. The first kappa shape index (κ1) is 6.69. The molecule has 1 nitrogen and oxygen atoms in total. The van der Waals surface area contributed by atoms with Crippen LogP contribution < -0.4 is 3.53 Å². The van der Waals surface area contributed by atoms with E-state index in [1.165, 1.54) is 4.43 Å². The van der Waals surface area contributed by atoms with E-state index in [1.807, 2.05) is 7.05 Å². The molecule has 40 valence electrons. The molecule has 0 aromatic rings. The Morgan fingerprint density at radius 1 is 1.67 bits per heavy atom. The van der Waals surface area contributed by atoms with Gasteiger partial charge in [0.05, 0.1) is 0 Å². The van der Waals surface area contributed by atoms with E-state index in [2.05, 4.69) is 15.4 Å². The molecule has 6 heavy (non-hydrogen) atoms. The maximum atomic E-state index is 3.27. The molecule has 0 rings (SSSR count). The van der Waals surface area contributed by atoms with Gasteiger partial charge in [0.25, 0.3) is 0 Å². The second-order valence-electron chi connectivity index (χ2n) is 1.05. The second kappa shape index (κ2) is 3.87. The van der Waals surface area contributed by atoms with Gasteiger partial charge in [-0.2, -0.15) is 0 Å². The average Bonchev–Trinajstić information content (AvgIpc) is 1.65. The number of alkyl halides is 2. The van der Waals surface area contributed by atoms with E-state index >= 15 is 0 Å². The Bertz CT molecular complexity index is 26.7. The van der Waals surface area contributed by atoms with Crippen molar-refractivity contribution in [2.45, 2.75) is 6.92 Å². The molecule has 0 heterocycles. The molecule has 0 aliphatic rings. The van der Waals surface area contributed by atoms with Crippen LogP contribution in [0.2, 0.25) is 0 Å². The van der Waals surface area contributed by atoms with Crippen molar-refractivity contribution >= 4 is 20.1 Å². The summed E-state index contributed by atoms with van der Waals surface area (Å²) in [5.74, 6) is 0. The van der Waals surface area contributed by atoms with Crippen LogP contribution in [0.3, 0.4) is 0 Å². The molecule has 0 radical (unpaired) electrons. The minimum atomic E-state index is -0.551. The molecule has 2 heteroatoms. The fourth-order valence-corrected chi connectivity index (χ4v) is 0.896. The number of hydrogen-bond donors (Lipinski definition) is 1. The van der Waals surface area contributed by atoms with E-state index in [1.54, 1.807) is 0 Å². The summed E-state index contributed by atoms with van der Waals surface area (Å²) in [6.45, 7) is 2.24. The summed E-state index contributed by atoms with van der Waals surface area (Å²) in [7, 11) is 2.05. The Balaban J connectivity index is 2.75. The van der Waals surface area contributed by atoms with Crippen LogP contribution >= 0.6 is 20.1 Å². The van der Waals surface area contributed by atoms with Gasteiger partial charge in [-0.1, -0.05) is 0 Å². The van der Waals surface area contributed by atoms with Gasteiger partial charge in [0.15, 0.2) is 0 Å². The maximum absolute atomic E-state index is 3.27. The third kappa shape index (κ3) is 2.90. The van der Waals surface area contributed by atoms with Gasteiger partial charge in [-0.05, 0) is 0 Å². The van der Waals surface area contributed by atoms with E-state index in [0.29, 0.717) is 0 Å². The average molecular weight is 201 g/mol. The van der Waals surface area contributed by atoms with Crippen LogP contribution in [-0.2, 0) is 0 Å². The summed E-state index contributed by atoms with van der Waals surface area (Å²) >= 11 is -0.551. The van der Waals surface area contributed by atoms with Crippen molar-refractivity contribution in [3.63, 3.8) is 0 Å². The van der Waals surface area contributed by atoms with Crippen LogP contribution in [0.1, 0.15) is 6.92 Å². The fraction of sp³-hybridized carbons (Fsp3) is 1.00. The SMILES string of the molecule is CCI(C)NC. The predicted octanol–water partition coefficient (Wildman–Crippen LogP) is 1.28. The number of hydrogen-bond acceptors (Lipinski definition) is 1. The molecule has 0 atom stereocenters. The van der Waals surface area contributed by atoms with Crippen molar-refractivity contribution in [3.8, 4) is 0 Å². The van der Waals surface area contributed by atoms with Crippen LogP contribution in [0.5, 0.6) is 0 Å². The van der Waals surface area contributed by atoms with Crippen molar-refractivity contribution < 1.29 is 0 Å². The molecule has 1 N–H and O–H groups in total. The number of halogens is 1. The van der Waals surface area contributed by atoms with Crippen LogP contribution in [0.4, 0.5) is 0 Å². The zero-order valence-corrected chi connectivity index (χ0v) is 6.74. The Labute approximate surface area is 47.2 Å². The molecular weight excluding hydrogens is 189 g/mol. The molecule has 0 saturated carbocycles. The van der Waals surface area contributed by atoms with E-state index in [0.717, 1.165) is 0 Å². The van der Waals surface area contributed by atoms with E-state index in [4.69, 9.17) is 0 Å². The van der Waals surface area contributed by atoms with Gasteiger partial charge in [-0.3, -0.25) is 0 Å². The van der Waals surface area contributed by atoms with E-state index in [9.17, 15) is 0 Å². The molecule has 0 aliphatic carbocycles. The predicted molar refractivity (Wildman–Crippen MR) is 39.5 cm³/mol. The summed E-state index contributed by atoms with van der Waals surface area (Å²) in [5.41, 5.74) is 0. The Kier molecular flexibility index (Phi) is 4.31. The topological polar surface area (TPSA) is 12.0 Å². The van der Waals surface area contributed by atoms with E-state index in [-0.39, 0.29) is 0 Å². The first-order chi connectivity index (χ1) is 2.81. The van der Waals surface area contributed by atoms with Gasteiger partial charge in [-0.25, -0.2) is 0 Å². The van der Waals surface area contributed by atoms with Gasteiger partial charge >= 0.3 is 47.0 Å². The van der Waals surface area contributed by atoms with Crippen molar-refractivity contribution in [1.29, 1.82) is 0 Å². The fourth-order valence-electron chi connectivity index (χ4n) is 0.134. The first-order valence-corrected chi connectivity index (χ1v) is 6.80. The molecule has 0 saturated heterocycles. The zero-order valence-electron chi connectivity index (χ0n) is 4.59. The summed E-state index contributed by atoms with van der Waals surface area (Å²) in [6, 6.07) is 0. The van der Waals surface area contributed by atoms with Gasteiger partial charge in [0, 0.05) is 0 Å². The van der Waals surface area contributed by atoms with Gasteiger partial charge in [-0.15, -0.1) is 0 Å². The normalized spacial score (nSPS) is 11.5. The standard InChI is InChI=1S/C4H12IN/c1-4-5(2)6-3/h6H,4H2,1-3H3. The monoisotopic (exact) mass is 201 g/mol. The Morgan fingerprint density at radius 3 is 2.17 bits per heavy atom. The molecule has 0 unspecified atom stereocenters. The summed E-state index contributed by atoms with van der Waals surface area (Å²) in [5, 5.41) is 0. The van der Waals surface area contributed by atoms with Crippen molar-refractivity contribution in [1.82, 2.24) is 3.53 Å². The quantitative estimate of drug-likeness (QED) is 0.403. The van der Waals surface area contributed by atoms with Crippen LogP contribution in [0.15, 0.2) is 0 Å². The van der Waals surface area contributed by atoms with Crippen molar-refractivity contribution in [3.05, 3.63) is 0 Å². The Morgan fingerprint density at radius 2 is 2.17 bits per heavy atom. The molecule has 0 aliphatic heterocycles. The van der Waals surface area contributed by atoms with Crippen LogP contribution in [0, 0.1) is 0 Å². The number of rotatable bonds is 2. The number of nitrogens with one attached hydrogen (secondary N) is 1. The summed E-state index contributed by atoms with van der Waals surface area (Å²) < 4.78 is 4.65. The third-order valence-electron chi connectivity index (χ3n) is 0.724. The molecular formula is C4H12IN. The van der Waals surface area contributed by atoms with Crippen LogP contribution in [0.25, 0.3) is 0 Å². The van der Waals surface area contributed by atoms with E-state index < -0.39 is 20.1 Å². The van der Waals surface area contributed by atoms with Crippen molar-refractivity contribution in [2.24, 2.45) is 0 Å². The molecule has 0 amide bonds. The summed E-state index contributed by atoms with van der Waals surface area (Å²) in [6.07, 6.45) is 0. The first-order valence-electron chi connectivity index (χ1n) is 2.04. The molecule has 0 spiro atoms.